The van der Waals surface area contributed by atoms with E-state index in [-0.39, 0.29) is 0 Å². The van der Waals surface area contributed by atoms with E-state index in [1.807, 2.05) is 23.6 Å². The lowest BCUT2D eigenvalue weighted by Crippen LogP contribution is -2.30. The Labute approximate surface area is 129 Å². The highest BCUT2D eigenvalue weighted by molar-refractivity contribution is 7.09. The summed E-state index contributed by atoms with van der Waals surface area (Å²) in [5.41, 5.74) is 2.29. The first-order valence-electron chi connectivity index (χ1n) is 7.21. The van der Waals surface area contributed by atoms with Crippen LogP contribution in [-0.4, -0.2) is 29.3 Å². The minimum atomic E-state index is -0.501. The van der Waals surface area contributed by atoms with E-state index in [2.05, 4.69) is 23.3 Å². The Kier molecular flexibility index (Phi) is 6.82. The molecule has 0 bridgehead atoms. The van der Waals surface area contributed by atoms with Crippen LogP contribution in [0.2, 0.25) is 0 Å². The number of nitrogens with one attached hydrogen (secondary N) is 1. The molecule has 0 spiro atoms. The third-order valence-electron chi connectivity index (χ3n) is 3.17. The van der Waals surface area contributed by atoms with E-state index in [0.29, 0.717) is 26.3 Å². The predicted molar refractivity (Wildman–Crippen MR) is 85.3 cm³/mol. The van der Waals surface area contributed by atoms with Gasteiger partial charge in [0.15, 0.2) is 0 Å². The van der Waals surface area contributed by atoms with Crippen molar-refractivity contribution < 1.29 is 9.84 Å². The molecule has 114 valence electrons. The summed E-state index contributed by atoms with van der Waals surface area (Å²) in [6, 6.07) is 8.07. The van der Waals surface area contributed by atoms with Crippen LogP contribution in [-0.2, 0) is 24.3 Å². The Hall–Kier alpha value is -1.27. The van der Waals surface area contributed by atoms with Crippen molar-refractivity contribution >= 4 is 11.3 Å². The largest absolute Gasteiger partial charge is 0.389 e. The van der Waals surface area contributed by atoms with Gasteiger partial charge >= 0.3 is 0 Å². The zero-order valence-corrected chi connectivity index (χ0v) is 13.1. The van der Waals surface area contributed by atoms with Gasteiger partial charge in [-0.05, 0) is 29.5 Å². The Morgan fingerprint density at radius 3 is 3.05 bits per heavy atom. The molecule has 0 radical (unpaired) electrons. The molecule has 0 saturated heterocycles. The monoisotopic (exact) mass is 306 g/mol. The van der Waals surface area contributed by atoms with Crippen LogP contribution in [0, 0.1) is 0 Å². The number of aromatic nitrogens is 1. The summed E-state index contributed by atoms with van der Waals surface area (Å²) in [4.78, 5) is 5.55. The first-order chi connectivity index (χ1) is 10.3. The second-order valence-corrected chi connectivity index (χ2v) is 5.87. The second kappa shape index (κ2) is 8.89. The summed E-state index contributed by atoms with van der Waals surface area (Å²) in [6.07, 6.45) is 2.27. The molecule has 0 amide bonds. The number of aryl methyl sites for hydroxylation is 1. The van der Waals surface area contributed by atoms with Gasteiger partial charge in [0, 0.05) is 24.2 Å². The quantitative estimate of drug-likeness (QED) is 0.747. The average molecular weight is 306 g/mol. The molecular weight excluding hydrogens is 284 g/mol. The number of rotatable bonds is 9. The van der Waals surface area contributed by atoms with Crippen LogP contribution in [0.5, 0.6) is 0 Å². The van der Waals surface area contributed by atoms with E-state index in [1.54, 1.807) is 17.5 Å². The van der Waals surface area contributed by atoms with Crippen molar-refractivity contribution in [2.24, 2.45) is 0 Å². The van der Waals surface area contributed by atoms with E-state index < -0.39 is 6.10 Å². The number of hydrogen-bond acceptors (Lipinski definition) is 5. The zero-order valence-electron chi connectivity index (χ0n) is 12.3. The maximum absolute atomic E-state index is 9.88. The number of aliphatic hydroxyl groups is 1. The van der Waals surface area contributed by atoms with Crippen LogP contribution in [0.25, 0.3) is 0 Å². The predicted octanol–water partition coefficient (Wildman–Crippen LogP) is 2.37. The molecule has 0 fully saturated rings. The van der Waals surface area contributed by atoms with Gasteiger partial charge < -0.3 is 15.2 Å². The van der Waals surface area contributed by atoms with Crippen LogP contribution in [0.3, 0.4) is 0 Å². The number of hydrogen-bond donors (Lipinski definition) is 2. The van der Waals surface area contributed by atoms with Crippen molar-refractivity contribution in [1.29, 1.82) is 0 Å². The molecule has 0 aromatic carbocycles. The molecule has 2 N–H and O–H groups in total. The molecule has 21 heavy (non-hydrogen) atoms. The topological polar surface area (TPSA) is 54.4 Å². The van der Waals surface area contributed by atoms with Gasteiger partial charge in [0.25, 0.3) is 0 Å². The van der Waals surface area contributed by atoms with Gasteiger partial charge in [0.1, 0.15) is 0 Å². The van der Waals surface area contributed by atoms with Crippen molar-refractivity contribution in [3.63, 3.8) is 0 Å². The summed E-state index contributed by atoms with van der Waals surface area (Å²) in [5, 5.41) is 15.1. The minimum absolute atomic E-state index is 0.341. The minimum Gasteiger partial charge on any atom is -0.389 e. The van der Waals surface area contributed by atoms with E-state index in [1.165, 1.54) is 10.4 Å². The third kappa shape index (κ3) is 5.55. The molecule has 2 heterocycles. The highest BCUT2D eigenvalue weighted by atomic mass is 32.1. The Morgan fingerprint density at radius 2 is 2.29 bits per heavy atom. The maximum Gasteiger partial charge on any atom is 0.0897 e. The molecule has 2 aromatic heterocycles. The lowest BCUT2D eigenvalue weighted by atomic mass is 10.1. The van der Waals surface area contributed by atoms with E-state index >= 15 is 0 Å². The molecule has 0 aliphatic carbocycles. The lowest BCUT2D eigenvalue weighted by molar-refractivity contribution is 0.0297. The van der Waals surface area contributed by atoms with Crippen LogP contribution >= 0.6 is 11.3 Å². The lowest BCUT2D eigenvalue weighted by Gasteiger charge is -2.13. The van der Waals surface area contributed by atoms with Crippen molar-refractivity contribution in [3.05, 3.63) is 52.0 Å². The third-order valence-corrected chi connectivity index (χ3v) is 4.02. The highest BCUT2D eigenvalue weighted by Gasteiger charge is 2.06. The van der Waals surface area contributed by atoms with Crippen molar-refractivity contribution in [1.82, 2.24) is 10.3 Å². The molecule has 2 aromatic rings. The molecule has 5 heteroatoms. The Bertz CT molecular complexity index is 517. The van der Waals surface area contributed by atoms with E-state index in [4.69, 9.17) is 4.74 Å². The Morgan fingerprint density at radius 1 is 1.38 bits per heavy atom. The van der Waals surface area contributed by atoms with Gasteiger partial charge in [-0.25, -0.2) is 0 Å². The maximum atomic E-state index is 9.88. The fourth-order valence-corrected chi connectivity index (χ4v) is 2.70. The number of ether oxygens (including phenoxy) is 1. The molecule has 0 saturated carbocycles. The van der Waals surface area contributed by atoms with E-state index in [0.717, 1.165) is 12.1 Å². The van der Waals surface area contributed by atoms with Crippen LogP contribution in [0.15, 0.2) is 35.8 Å². The van der Waals surface area contributed by atoms with Crippen molar-refractivity contribution in [2.75, 3.05) is 13.2 Å². The van der Waals surface area contributed by atoms with Crippen LogP contribution in [0.1, 0.15) is 23.1 Å². The standard InChI is InChI=1S/C16H22N2O2S/c1-2-13-5-3-7-18-16(13)10-17-9-14(19)11-20-12-15-6-4-8-21-15/h3-8,14,17,19H,2,9-12H2,1H3. The molecule has 4 nitrogen and oxygen atoms in total. The fourth-order valence-electron chi connectivity index (χ4n) is 2.06. The van der Waals surface area contributed by atoms with Gasteiger partial charge in [-0.3, -0.25) is 4.98 Å². The summed E-state index contributed by atoms with van der Waals surface area (Å²) >= 11 is 1.66. The van der Waals surface area contributed by atoms with Crippen molar-refractivity contribution in [2.45, 2.75) is 32.6 Å². The van der Waals surface area contributed by atoms with Crippen LogP contribution in [0.4, 0.5) is 0 Å². The average Bonchev–Trinajstić information content (AvgIpc) is 3.01. The smallest absolute Gasteiger partial charge is 0.0897 e. The molecule has 1 unspecified atom stereocenters. The molecule has 1 atom stereocenters. The molecular formula is C16H22N2O2S. The first-order valence-corrected chi connectivity index (χ1v) is 8.09. The number of pyridine rings is 1. The number of thiophene rings is 1. The van der Waals surface area contributed by atoms with Crippen LogP contribution < -0.4 is 5.32 Å². The molecule has 0 aliphatic heterocycles. The fraction of sp³-hybridized carbons (Fsp3) is 0.438. The summed E-state index contributed by atoms with van der Waals surface area (Å²) in [7, 11) is 0. The van der Waals surface area contributed by atoms with Gasteiger partial charge in [0.2, 0.25) is 0 Å². The van der Waals surface area contributed by atoms with Gasteiger partial charge in [0.05, 0.1) is 25.0 Å². The van der Waals surface area contributed by atoms with Gasteiger partial charge in [-0.15, -0.1) is 11.3 Å². The van der Waals surface area contributed by atoms with Gasteiger partial charge in [-0.1, -0.05) is 19.1 Å². The SMILES string of the molecule is CCc1cccnc1CNCC(O)COCc1cccs1. The Balaban J connectivity index is 1.63. The van der Waals surface area contributed by atoms with Crippen molar-refractivity contribution in [3.8, 4) is 0 Å². The van der Waals surface area contributed by atoms with Gasteiger partial charge in [-0.2, -0.15) is 0 Å². The second-order valence-electron chi connectivity index (χ2n) is 4.84. The number of nitrogens with zero attached hydrogens (tertiary/aromatic N) is 1. The molecule has 0 aliphatic rings. The summed E-state index contributed by atoms with van der Waals surface area (Å²) in [5.74, 6) is 0. The highest BCUT2D eigenvalue weighted by Crippen LogP contribution is 2.09. The molecule has 2 rings (SSSR count). The summed E-state index contributed by atoms with van der Waals surface area (Å²) < 4.78 is 5.49. The summed E-state index contributed by atoms with van der Waals surface area (Å²) in [6.45, 7) is 4.20. The normalized spacial score (nSPS) is 12.5. The first kappa shape index (κ1) is 16.1. The zero-order chi connectivity index (χ0) is 14.9. The number of aliphatic hydroxyl groups excluding tert-OH is 1. The van der Waals surface area contributed by atoms with E-state index in [9.17, 15) is 5.11 Å².